The van der Waals surface area contributed by atoms with E-state index in [9.17, 15) is 4.79 Å². The Bertz CT molecular complexity index is 1380. The molecule has 5 rings (SSSR count). The second-order valence-corrected chi connectivity index (χ2v) is 16.3. The molecule has 2 aromatic carbocycles. The molecule has 0 radical (unpaired) electrons. The second kappa shape index (κ2) is 10.6. The number of hydrogen-bond acceptors (Lipinski definition) is 3. The summed E-state index contributed by atoms with van der Waals surface area (Å²) in [4.78, 5) is 16.5. The van der Waals surface area contributed by atoms with Crippen LogP contribution in [-0.4, -0.2) is 42.0 Å². The highest BCUT2D eigenvalue weighted by atomic mass is 28.3. The molecule has 37 heavy (non-hydrogen) atoms. The van der Waals surface area contributed by atoms with Crippen molar-refractivity contribution < 1.29 is 4.79 Å². The van der Waals surface area contributed by atoms with Crippen LogP contribution in [0.25, 0.3) is 16.6 Å². The normalized spacial score (nSPS) is 14.7. The molecule has 1 aliphatic rings. The molecule has 0 saturated carbocycles. The van der Waals surface area contributed by atoms with Crippen molar-refractivity contribution in [3.63, 3.8) is 0 Å². The van der Waals surface area contributed by atoms with Crippen molar-refractivity contribution in [3.05, 3.63) is 65.9 Å². The van der Waals surface area contributed by atoms with Crippen LogP contribution in [0.2, 0.25) is 19.6 Å². The lowest BCUT2D eigenvalue weighted by molar-refractivity contribution is 0.262. The topological polar surface area (TPSA) is 86.8 Å². The number of carbonyl (C=O) groups is 1. The summed E-state index contributed by atoms with van der Waals surface area (Å²) >= 11 is 0. The van der Waals surface area contributed by atoms with Crippen molar-refractivity contribution in [3.8, 4) is 5.69 Å². The van der Waals surface area contributed by atoms with E-state index in [-0.39, 0.29) is 6.03 Å². The summed E-state index contributed by atoms with van der Waals surface area (Å²) in [6.45, 7) is 11.1. The summed E-state index contributed by atoms with van der Waals surface area (Å²) in [5, 5.41) is 16.6. The van der Waals surface area contributed by atoms with Crippen molar-refractivity contribution in [2.24, 2.45) is 5.92 Å². The molecule has 2 aromatic heterocycles. The highest BCUT2D eigenvalue weighted by Gasteiger charge is 2.23. The monoisotopic (exact) mass is 514 g/mol. The number of benzene rings is 2. The van der Waals surface area contributed by atoms with Crippen molar-refractivity contribution >= 4 is 41.8 Å². The Balaban J connectivity index is 1.32. The van der Waals surface area contributed by atoms with Crippen LogP contribution in [0.3, 0.4) is 0 Å². The number of fused-ring (bicyclic) bond motifs is 1. The van der Waals surface area contributed by atoms with Gasteiger partial charge in [-0.3, -0.25) is 5.32 Å². The summed E-state index contributed by atoms with van der Waals surface area (Å²) in [7, 11) is -1.67. The number of aromatic nitrogens is 3. The third-order valence-electron chi connectivity index (χ3n) is 7.30. The highest BCUT2D eigenvalue weighted by molar-refractivity contribution is 6.88. The maximum absolute atomic E-state index is 13.1. The van der Waals surface area contributed by atoms with Crippen molar-refractivity contribution in [1.82, 2.24) is 20.1 Å². The van der Waals surface area contributed by atoms with Gasteiger partial charge < -0.3 is 15.6 Å². The van der Waals surface area contributed by atoms with Crippen molar-refractivity contribution in [1.29, 1.82) is 0 Å². The predicted octanol–water partition coefficient (Wildman–Crippen LogP) is 5.78. The summed E-state index contributed by atoms with van der Waals surface area (Å²) in [6, 6.07) is 16.0. The van der Waals surface area contributed by atoms with E-state index in [1.54, 1.807) is 0 Å². The van der Waals surface area contributed by atoms with Gasteiger partial charge >= 0.3 is 6.03 Å². The standard InChI is InChI=1S/C29H38N6OSi/c1-20-5-10-24(11-6-20)35-27(18-28(34-35)37(2,3)4)33-29(36)32-23-9-12-26-25(17-23)22(19-31-26)8-7-21-13-15-30-16-14-21/h5-6,9-12,17-19,21,30-31H,7-8,13-16H2,1-4H3,(H2,32,33,36). The molecule has 2 amide bonds. The average Bonchev–Trinajstić information content (AvgIpc) is 3.48. The molecule has 0 atom stereocenters. The number of urea groups is 1. The lowest BCUT2D eigenvalue weighted by atomic mass is 9.91. The van der Waals surface area contributed by atoms with Gasteiger partial charge in [0.2, 0.25) is 0 Å². The van der Waals surface area contributed by atoms with Crippen LogP contribution >= 0.6 is 0 Å². The van der Waals surface area contributed by atoms with Gasteiger partial charge in [0.25, 0.3) is 0 Å². The summed E-state index contributed by atoms with van der Waals surface area (Å²) in [6.07, 6.45) is 6.89. The van der Waals surface area contributed by atoms with Gasteiger partial charge in [-0.05, 0) is 93.6 Å². The fourth-order valence-corrected chi connectivity index (χ4v) is 5.96. The maximum Gasteiger partial charge on any atom is 0.324 e. The Kier molecular flexibility index (Phi) is 7.21. The van der Waals surface area contributed by atoms with Gasteiger partial charge in [-0.25, -0.2) is 9.48 Å². The molecule has 1 aliphatic heterocycles. The van der Waals surface area contributed by atoms with Crippen LogP contribution in [0, 0.1) is 12.8 Å². The summed E-state index contributed by atoms with van der Waals surface area (Å²) < 4.78 is 1.83. The van der Waals surface area contributed by atoms with E-state index in [0.717, 1.165) is 47.6 Å². The van der Waals surface area contributed by atoms with Gasteiger partial charge in [-0.2, -0.15) is 5.10 Å². The van der Waals surface area contributed by atoms with Gasteiger partial charge in [0.1, 0.15) is 13.9 Å². The molecule has 0 aliphatic carbocycles. The third kappa shape index (κ3) is 5.97. The summed E-state index contributed by atoms with van der Waals surface area (Å²) in [5.41, 5.74) is 5.30. The minimum absolute atomic E-state index is 0.276. The van der Waals surface area contributed by atoms with Gasteiger partial charge in [0.05, 0.1) is 5.69 Å². The number of carbonyl (C=O) groups excluding carboxylic acids is 1. The Morgan fingerprint density at radius 2 is 1.81 bits per heavy atom. The number of aryl methyl sites for hydroxylation is 2. The Morgan fingerprint density at radius 1 is 1.05 bits per heavy atom. The largest absolute Gasteiger partial charge is 0.361 e. The van der Waals surface area contributed by atoms with Crippen LogP contribution in [-0.2, 0) is 6.42 Å². The molecule has 4 N–H and O–H groups in total. The molecule has 8 heteroatoms. The lowest BCUT2D eigenvalue weighted by Crippen LogP contribution is -2.39. The van der Waals surface area contributed by atoms with Gasteiger partial charge in [-0.1, -0.05) is 37.3 Å². The molecular formula is C29H38N6OSi. The first-order chi connectivity index (χ1) is 17.8. The van der Waals surface area contributed by atoms with Crippen molar-refractivity contribution in [2.45, 2.75) is 52.2 Å². The lowest BCUT2D eigenvalue weighted by Gasteiger charge is -2.22. The van der Waals surface area contributed by atoms with E-state index in [0.29, 0.717) is 5.82 Å². The van der Waals surface area contributed by atoms with Crippen LogP contribution in [0.1, 0.15) is 30.4 Å². The molecule has 0 bridgehead atoms. The number of aromatic amines is 1. The van der Waals surface area contributed by atoms with Gasteiger partial charge in [0, 0.05) is 28.1 Å². The number of amides is 2. The Hall–Kier alpha value is -3.36. The molecule has 194 valence electrons. The van der Waals surface area contributed by atoms with E-state index >= 15 is 0 Å². The smallest absolute Gasteiger partial charge is 0.324 e. The first-order valence-corrected chi connectivity index (χ1v) is 16.8. The van der Waals surface area contributed by atoms with E-state index in [1.807, 2.05) is 35.0 Å². The molecule has 0 spiro atoms. The molecule has 1 saturated heterocycles. The Morgan fingerprint density at radius 3 is 2.54 bits per heavy atom. The second-order valence-electron chi connectivity index (χ2n) is 11.3. The number of piperidine rings is 1. The average molecular weight is 515 g/mol. The van der Waals surface area contributed by atoms with Crippen LogP contribution < -0.4 is 21.3 Å². The van der Waals surface area contributed by atoms with E-state index in [1.165, 1.54) is 35.8 Å². The number of nitrogens with zero attached hydrogens (tertiary/aromatic N) is 2. The van der Waals surface area contributed by atoms with Crippen molar-refractivity contribution in [2.75, 3.05) is 23.7 Å². The van der Waals surface area contributed by atoms with Gasteiger partial charge in [-0.15, -0.1) is 0 Å². The molecular weight excluding hydrogens is 476 g/mol. The zero-order valence-electron chi connectivity index (χ0n) is 22.3. The number of nitrogens with one attached hydrogen (secondary N) is 4. The number of H-pyrrole nitrogens is 1. The Labute approximate surface area is 220 Å². The van der Waals surface area contributed by atoms with E-state index in [2.05, 4.69) is 71.9 Å². The van der Waals surface area contributed by atoms with E-state index in [4.69, 9.17) is 5.10 Å². The SMILES string of the molecule is Cc1ccc(-n2nc([Si](C)(C)C)cc2NC(=O)Nc2ccc3[nH]cc(CCC4CCNCC4)c3c2)cc1. The fourth-order valence-electron chi connectivity index (χ4n) is 4.99. The minimum Gasteiger partial charge on any atom is -0.361 e. The van der Waals surface area contributed by atoms with Crippen LogP contribution in [0.4, 0.5) is 16.3 Å². The number of hydrogen-bond donors (Lipinski definition) is 4. The predicted molar refractivity (Wildman–Crippen MR) is 156 cm³/mol. The summed E-state index contributed by atoms with van der Waals surface area (Å²) in [5.74, 6) is 1.46. The minimum atomic E-state index is -1.67. The van der Waals surface area contributed by atoms with E-state index < -0.39 is 8.07 Å². The first-order valence-electron chi connectivity index (χ1n) is 13.3. The zero-order valence-corrected chi connectivity index (χ0v) is 23.3. The molecule has 3 heterocycles. The molecule has 0 unspecified atom stereocenters. The maximum atomic E-state index is 13.1. The molecule has 1 fully saturated rings. The fraction of sp³-hybridized carbons (Fsp3) is 0.379. The highest BCUT2D eigenvalue weighted by Crippen LogP contribution is 2.26. The number of anilines is 2. The van der Waals surface area contributed by atoms with Crippen LogP contribution in [0.5, 0.6) is 0 Å². The zero-order chi connectivity index (χ0) is 26.0. The molecule has 4 aromatic rings. The van der Waals surface area contributed by atoms with Crippen LogP contribution in [0.15, 0.2) is 54.7 Å². The number of rotatable bonds is 7. The third-order valence-corrected chi connectivity index (χ3v) is 9.09. The first kappa shape index (κ1) is 25.3. The molecule has 7 nitrogen and oxygen atoms in total. The van der Waals surface area contributed by atoms with Gasteiger partial charge in [0.15, 0.2) is 0 Å². The quantitative estimate of drug-likeness (QED) is 0.236.